The molecule has 5 heteroatoms. The first kappa shape index (κ1) is 12.3. The topological polar surface area (TPSA) is 42.4 Å². The van der Waals surface area contributed by atoms with Crippen LogP contribution < -0.4 is 0 Å². The average molecular weight is 274 g/mol. The molecule has 2 heterocycles. The van der Waals surface area contributed by atoms with Crippen molar-refractivity contribution in [1.29, 1.82) is 0 Å². The van der Waals surface area contributed by atoms with Crippen LogP contribution in [0.3, 0.4) is 0 Å². The van der Waals surface area contributed by atoms with Crippen LogP contribution in [0.1, 0.15) is 10.4 Å². The van der Waals surface area contributed by atoms with Crippen molar-refractivity contribution >= 4 is 17.2 Å². The van der Waals surface area contributed by atoms with Gasteiger partial charge in [0.05, 0.1) is 24.4 Å². The first-order chi connectivity index (χ1) is 9.34. The zero-order valence-electron chi connectivity index (χ0n) is 10.4. The minimum absolute atomic E-state index is 0.0770. The predicted octanol–water partition coefficient (Wildman–Crippen LogP) is 2.28. The fourth-order valence-corrected chi connectivity index (χ4v) is 2.65. The number of hydrogen-bond donors (Lipinski definition) is 0. The lowest BCUT2D eigenvalue weighted by Crippen LogP contribution is -2.40. The Kier molecular flexibility index (Phi) is 3.57. The molecule has 0 aliphatic carbocycles. The molecule has 1 saturated heterocycles. The number of carbonyl (C=O) groups is 1. The van der Waals surface area contributed by atoms with E-state index in [2.05, 4.69) is 4.98 Å². The van der Waals surface area contributed by atoms with Crippen molar-refractivity contribution in [2.24, 2.45) is 0 Å². The van der Waals surface area contributed by atoms with Gasteiger partial charge in [-0.25, -0.2) is 4.98 Å². The number of ether oxygens (including phenoxy) is 1. The van der Waals surface area contributed by atoms with E-state index in [4.69, 9.17) is 4.74 Å². The van der Waals surface area contributed by atoms with Crippen molar-refractivity contribution < 1.29 is 9.53 Å². The number of hydrogen-bond acceptors (Lipinski definition) is 4. The number of amides is 1. The number of morpholine rings is 1. The second kappa shape index (κ2) is 5.50. The highest BCUT2D eigenvalue weighted by molar-refractivity contribution is 7.07. The van der Waals surface area contributed by atoms with Gasteiger partial charge in [0.25, 0.3) is 5.91 Å². The van der Waals surface area contributed by atoms with E-state index in [1.165, 1.54) is 0 Å². The van der Waals surface area contributed by atoms with E-state index in [1.807, 2.05) is 40.1 Å². The molecule has 0 atom stereocenters. The second-order valence-electron chi connectivity index (χ2n) is 4.36. The van der Waals surface area contributed by atoms with E-state index in [0.29, 0.717) is 26.3 Å². The van der Waals surface area contributed by atoms with Gasteiger partial charge >= 0.3 is 0 Å². The summed E-state index contributed by atoms with van der Waals surface area (Å²) in [6, 6.07) is 7.63. The van der Waals surface area contributed by atoms with E-state index >= 15 is 0 Å². The summed E-state index contributed by atoms with van der Waals surface area (Å²) in [5, 5.41) is 2.00. The summed E-state index contributed by atoms with van der Waals surface area (Å²) in [7, 11) is 0. The molecule has 19 heavy (non-hydrogen) atoms. The maximum Gasteiger partial charge on any atom is 0.254 e. The summed E-state index contributed by atoms with van der Waals surface area (Å²) in [6.45, 7) is 2.60. The molecule has 0 saturated carbocycles. The third-order valence-corrected chi connectivity index (χ3v) is 3.74. The van der Waals surface area contributed by atoms with Crippen LogP contribution in [-0.2, 0) is 4.74 Å². The quantitative estimate of drug-likeness (QED) is 0.843. The summed E-state index contributed by atoms with van der Waals surface area (Å²) in [5.41, 5.74) is 4.53. The molecule has 1 amide bonds. The zero-order valence-corrected chi connectivity index (χ0v) is 11.2. The molecule has 0 bridgehead atoms. The Morgan fingerprint density at radius 3 is 2.58 bits per heavy atom. The molecule has 0 N–H and O–H groups in total. The zero-order chi connectivity index (χ0) is 13.1. The summed E-state index contributed by atoms with van der Waals surface area (Å²) < 4.78 is 5.25. The molecule has 1 aliphatic heterocycles. The monoisotopic (exact) mass is 274 g/mol. The van der Waals surface area contributed by atoms with Gasteiger partial charge in [0.15, 0.2) is 0 Å². The Hall–Kier alpha value is -1.72. The minimum atomic E-state index is 0.0770. The molecule has 1 aliphatic rings. The lowest BCUT2D eigenvalue weighted by Gasteiger charge is -2.26. The van der Waals surface area contributed by atoms with Crippen LogP contribution in [0.15, 0.2) is 35.2 Å². The highest BCUT2D eigenvalue weighted by atomic mass is 32.1. The number of thiazole rings is 1. The SMILES string of the molecule is O=C(c1ccc(-c2cscn2)cc1)N1CCOCC1. The van der Waals surface area contributed by atoms with E-state index in [-0.39, 0.29) is 5.91 Å². The highest BCUT2D eigenvalue weighted by Gasteiger charge is 2.18. The molecule has 0 spiro atoms. The van der Waals surface area contributed by atoms with Gasteiger partial charge in [-0.05, 0) is 12.1 Å². The van der Waals surface area contributed by atoms with Gasteiger partial charge in [0.2, 0.25) is 0 Å². The molecule has 0 radical (unpaired) electrons. The van der Waals surface area contributed by atoms with E-state index in [1.54, 1.807) is 11.3 Å². The molecule has 4 nitrogen and oxygen atoms in total. The molecule has 98 valence electrons. The van der Waals surface area contributed by atoms with E-state index < -0.39 is 0 Å². The lowest BCUT2D eigenvalue weighted by atomic mass is 10.1. The standard InChI is InChI=1S/C14H14N2O2S/c17-14(16-5-7-18-8-6-16)12-3-1-11(2-4-12)13-9-19-10-15-13/h1-4,9-10H,5-8H2. The molecule has 1 aromatic carbocycles. The third kappa shape index (κ3) is 2.67. The number of rotatable bonds is 2. The molecule has 1 aromatic heterocycles. The summed E-state index contributed by atoms with van der Waals surface area (Å²) in [4.78, 5) is 18.3. The predicted molar refractivity (Wildman–Crippen MR) is 74.3 cm³/mol. The maximum atomic E-state index is 12.3. The van der Waals surface area contributed by atoms with Gasteiger partial charge in [0, 0.05) is 29.6 Å². The van der Waals surface area contributed by atoms with Crippen molar-refractivity contribution in [3.05, 3.63) is 40.7 Å². The van der Waals surface area contributed by atoms with Gasteiger partial charge in [-0.2, -0.15) is 0 Å². The first-order valence-electron chi connectivity index (χ1n) is 6.20. The molecule has 2 aromatic rings. The van der Waals surface area contributed by atoms with Crippen LogP contribution in [0, 0.1) is 0 Å². The number of nitrogens with zero attached hydrogens (tertiary/aromatic N) is 2. The number of carbonyl (C=O) groups excluding carboxylic acids is 1. The van der Waals surface area contributed by atoms with Crippen LogP contribution in [-0.4, -0.2) is 42.1 Å². The molecular formula is C14H14N2O2S. The summed E-state index contributed by atoms with van der Waals surface area (Å²) in [6.07, 6.45) is 0. The van der Waals surface area contributed by atoms with Crippen LogP contribution in [0.5, 0.6) is 0 Å². The van der Waals surface area contributed by atoms with Crippen molar-refractivity contribution in [1.82, 2.24) is 9.88 Å². The Labute approximate surface area is 115 Å². The van der Waals surface area contributed by atoms with Crippen molar-refractivity contribution in [3.63, 3.8) is 0 Å². The van der Waals surface area contributed by atoms with Crippen LogP contribution >= 0.6 is 11.3 Å². The summed E-state index contributed by atoms with van der Waals surface area (Å²) in [5.74, 6) is 0.0770. The Morgan fingerprint density at radius 1 is 1.21 bits per heavy atom. The van der Waals surface area contributed by atoms with Gasteiger partial charge in [-0.3, -0.25) is 4.79 Å². The van der Waals surface area contributed by atoms with Crippen LogP contribution in [0.4, 0.5) is 0 Å². The van der Waals surface area contributed by atoms with Crippen LogP contribution in [0.25, 0.3) is 11.3 Å². The van der Waals surface area contributed by atoms with Gasteiger partial charge in [-0.1, -0.05) is 12.1 Å². The Bertz CT molecular complexity index is 545. The molecular weight excluding hydrogens is 260 g/mol. The largest absolute Gasteiger partial charge is 0.378 e. The minimum Gasteiger partial charge on any atom is -0.378 e. The maximum absolute atomic E-state index is 12.3. The Balaban J connectivity index is 1.76. The van der Waals surface area contributed by atoms with E-state index in [0.717, 1.165) is 16.8 Å². The van der Waals surface area contributed by atoms with Gasteiger partial charge < -0.3 is 9.64 Å². The first-order valence-corrected chi connectivity index (χ1v) is 7.14. The van der Waals surface area contributed by atoms with Gasteiger partial charge in [0.1, 0.15) is 0 Å². The highest BCUT2D eigenvalue weighted by Crippen LogP contribution is 2.20. The third-order valence-electron chi connectivity index (χ3n) is 3.16. The summed E-state index contributed by atoms with van der Waals surface area (Å²) >= 11 is 1.57. The molecule has 1 fully saturated rings. The van der Waals surface area contributed by atoms with Crippen LogP contribution in [0.2, 0.25) is 0 Å². The average Bonchev–Trinajstić information content (AvgIpc) is 3.02. The van der Waals surface area contributed by atoms with E-state index in [9.17, 15) is 4.79 Å². The second-order valence-corrected chi connectivity index (χ2v) is 5.07. The normalized spacial score (nSPS) is 15.5. The van der Waals surface area contributed by atoms with Crippen molar-refractivity contribution in [2.45, 2.75) is 0 Å². The van der Waals surface area contributed by atoms with Crippen molar-refractivity contribution in [2.75, 3.05) is 26.3 Å². The van der Waals surface area contributed by atoms with Crippen molar-refractivity contribution in [3.8, 4) is 11.3 Å². The lowest BCUT2D eigenvalue weighted by molar-refractivity contribution is 0.0303. The smallest absolute Gasteiger partial charge is 0.254 e. The number of benzene rings is 1. The fourth-order valence-electron chi connectivity index (χ4n) is 2.09. The number of aromatic nitrogens is 1. The Morgan fingerprint density at radius 2 is 1.95 bits per heavy atom. The molecule has 3 rings (SSSR count). The molecule has 0 unspecified atom stereocenters. The van der Waals surface area contributed by atoms with Gasteiger partial charge in [-0.15, -0.1) is 11.3 Å². The fraction of sp³-hybridized carbons (Fsp3) is 0.286.